The molecular formula is C23H26N4O3. The zero-order chi connectivity index (χ0) is 20.9. The van der Waals surface area contributed by atoms with Gasteiger partial charge in [0.05, 0.1) is 18.3 Å². The Bertz CT molecular complexity index is 973. The van der Waals surface area contributed by atoms with Crippen LogP contribution in [0.3, 0.4) is 0 Å². The first-order chi connectivity index (χ1) is 14.7. The molecule has 2 aromatic rings. The smallest absolute Gasteiger partial charge is 0.267 e. The van der Waals surface area contributed by atoms with Crippen molar-refractivity contribution in [1.29, 1.82) is 0 Å². The van der Waals surface area contributed by atoms with Crippen LogP contribution in [0.1, 0.15) is 47.2 Å². The number of carbonyl (C=O) groups excluding carboxylic acids is 1. The Morgan fingerprint density at radius 2 is 2.07 bits per heavy atom. The van der Waals surface area contributed by atoms with Crippen molar-refractivity contribution in [2.75, 3.05) is 19.7 Å². The van der Waals surface area contributed by atoms with Crippen LogP contribution in [0.25, 0.3) is 6.08 Å². The van der Waals surface area contributed by atoms with E-state index in [0.29, 0.717) is 6.54 Å². The summed E-state index contributed by atoms with van der Waals surface area (Å²) in [5, 5.41) is 27.0. The van der Waals surface area contributed by atoms with Gasteiger partial charge < -0.3 is 5.11 Å². The summed E-state index contributed by atoms with van der Waals surface area (Å²) >= 11 is 0. The first-order valence-electron chi connectivity index (χ1n) is 10.3. The fraction of sp³-hybridized carbons (Fsp3) is 0.348. The van der Waals surface area contributed by atoms with E-state index < -0.39 is 5.91 Å². The van der Waals surface area contributed by atoms with Gasteiger partial charge in [-0.1, -0.05) is 36.4 Å². The Morgan fingerprint density at radius 1 is 1.20 bits per heavy atom. The summed E-state index contributed by atoms with van der Waals surface area (Å²) in [6, 6.07) is 14.6. The van der Waals surface area contributed by atoms with Gasteiger partial charge in [0, 0.05) is 30.8 Å². The quantitative estimate of drug-likeness (QED) is 0.354. The zero-order valence-electron chi connectivity index (χ0n) is 16.7. The van der Waals surface area contributed by atoms with Gasteiger partial charge in [-0.25, -0.2) is 5.48 Å². The van der Waals surface area contributed by atoms with Crippen molar-refractivity contribution in [1.82, 2.24) is 10.4 Å². The van der Waals surface area contributed by atoms with Crippen LogP contribution in [0.2, 0.25) is 0 Å². The number of amides is 1. The lowest BCUT2D eigenvalue weighted by molar-refractivity contribution is -0.124. The number of azo groups is 1. The van der Waals surface area contributed by atoms with Gasteiger partial charge in [-0.15, -0.1) is 0 Å². The summed E-state index contributed by atoms with van der Waals surface area (Å²) in [5.41, 5.74) is 7.20. The van der Waals surface area contributed by atoms with Crippen LogP contribution < -0.4 is 5.48 Å². The van der Waals surface area contributed by atoms with Crippen molar-refractivity contribution in [2.24, 2.45) is 10.2 Å². The Kier molecular flexibility index (Phi) is 6.32. The van der Waals surface area contributed by atoms with Gasteiger partial charge in [0.2, 0.25) is 0 Å². The fourth-order valence-electron chi connectivity index (χ4n) is 4.41. The first-order valence-corrected chi connectivity index (χ1v) is 10.3. The third kappa shape index (κ3) is 4.33. The Labute approximate surface area is 175 Å². The number of carbonyl (C=O) groups is 1. The summed E-state index contributed by atoms with van der Waals surface area (Å²) < 4.78 is 0. The van der Waals surface area contributed by atoms with Crippen LogP contribution >= 0.6 is 0 Å². The lowest BCUT2D eigenvalue weighted by Crippen LogP contribution is -2.32. The van der Waals surface area contributed by atoms with Crippen LogP contribution in [-0.2, 0) is 11.2 Å². The van der Waals surface area contributed by atoms with E-state index in [1.165, 1.54) is 22.8 Å². The highest BCUT2D eigenvalue weighted by Gasteiger charge is 2.29. The molecule has 0 spiro atoms. The molecule has 3 N–H and O–H groups in total. The molecule has 2 aliphatic rings. The number of aliphatic hydroxyl groups is 1. The highest BCUT2D eigenvalue weighted by Crippen LogP contribution is 2.40. The second-order valence-corrected chi connectivity index (χ2v) is 7.66. The summed E-state index contributed by atoms with van der Waals surface area (Å²) in [4.78, 5) is 13.5. The van der Waals surface area contributed by atoms with Gasteiger partial charge in [-0.05, 0) is 48.1 Å². The fourth-order valence-corrected chi connectivity index (χ4v) is 4.41. The van der Waals surface area contributed by atoms with E-state index >= 15 is 0 Å². The predicted molar refractivity (Wildman–Crippen MR) is 113 cm³/mol. The van der Waals surface area contributed by atoms with E-state index in [0.717, 1.165) is 37.1 Å². The molecule has 0 fully saturated rings. The monoisotopic (exact) mass is 406 g/mol. The number of aliphatic hydroxyl groups excluding tert-OH is 1. The Morgan fingerprint density at radius 3 is 2.90 bits per heavy atom. The van der Waals surface area contributed by atoms with Crippen molar-refractivity contribution >= 4 is 17.7 Å². The molecule has 0 bridgehead atoms. The van der Waals surface area contributed by atoms with E-state index in [1.54, 1.807) is 11.6 Å². The second kappa shape index (κ2) is 9.30. The Hall–Kier alpha value is -2.87. The molecule has 30 heavy (non-hydrogen) atoms. The number of hydrogen-bond donors (Lipinski definition) is 3. The molecule has 7 nitrogen and oxygen atoms in total. The van der Waals surface area contributed by atoms with Gasteiger partial charge >= 0.3 is 0 Å². The van der Waals surface area contributed by atoms with Crippen LogP contribution in [-0.4, -0.2) is 40.8 Å². The summed E-state index contributed by atoms with van der Waals surface area (Å²) in [5.74, 6) is -0.548. The van der Waals surface area contributed by atoms with Crippen LogP contribution in [0, 0.1) is 0 Å². The zero-order valence-corrected chi connectivity index (χ0v) is 16.7. The van der Waals surface area contributed by atoms with E-state index in [1.807, 2.05) is 24.3 Å². The molecular weight excluding hydrogens is 380 g/mol. The van der Waals surface area contributed by atoms with E-state index in [4.69, 9.17) is 5.21 Å². The molecule has 0 radical (unpaired) electrons. The molecule has 0 saturated heterocycles. The van der Waals surface area contributed by atoms with Crippen LogP contribution in [0.15, 0.2) is 58.8 Å². The van der Waals surface area contributed by atoms with E-state index in [9.17, 15) is 9.90 Å². The minimum Gasteiger partial charge on any atom is -0.395 e. The summed E-state index contributed by atoms with van der Waals surface area (Å²) in [6.45, 7) is 1.57. The molecule has 1 aliphatic carbocycles. The van der Waals surface area contributed by atoms with Gasteiger partial charge in [-0.3, -0.25) is 14.9 Å². The first kappa shape index (κ1) is 20.4. The standard InChI is InChI=1S/C23H26N4O3/c28-14-13-27(12-11-21-19-3-1-2-4-20(19)24-25-21)22-9-7-17-15-16(5-8-18(17)22)6-10-23(29)26-30/h1-6,8,10,15,21-22,28,30H,7,9,11-14H2,(H,26,29)/b10-6+. The molecule has 156 valence electrons. The number of nitrogens with one attached hydrogen (secondary N) is 1. The molecule has 1 aliphatic heterocycles. The van der Waals surface area contributed by atoms with Crippen molar-refractivity contribution < 1.29 is 15.1 Å². The number of aryl methyl sites for hydroxylation is 1. The summed E-state index contributed by atoms with van der Waals surface area (Å²) in [6.07, 6.45) is 5.82. The maximum Gasteiger partial charge on any atom is 0.267 e. The minimum atomic E-state index is -0.548. The number of rotatable bonds is 8. The average Bonchev–Trinajstić information content (AvgIpc) is 3.39. The lowest BCUT2D eigenvalue weighted by atomic mass is 10.0. The van der Waals surface area contributed by atoms with Crippen molar-refractivity contribution in [3.8, 4) is 0 Å². The largest absolute Gasteiger partial charge is 0.395 e. The molecule has 7 heteroatoms. The van der Waals surface area contributed by atoms with Gasteiger partial charge in [0.25, 0.3) is 5.91 Å². The van der Waals surface area contributed by atoms with Crippen LogP contribution in [0.4, 0.5) is 5.69 Å². The number of hydroxylamine groups is 1. The molecule has 2 aromatic carbocycles. The van der Waals surface area contributed by atoms with Gasteiger partial charge in [-0.2, -0.15) is 10.2 Å². The third-order valence-electron chi connectivity index (χ3n) is 5.87. The molecule has 0 saturated carbocycles. The highest BCUT2D eigenvalue weighted by molar-refractivity contribution is 5.90. The van der Waals surface area contributed by atoms with Crippen molar-refractivity contribution in [3.63, 3.8) is 0 Å². The molecule has 2 atom stereocenters. The predicted octanol–water partition coefficient (Wildman–Crippen LogP) is 3.72. The SMILES string of the molecule is O=C(/C=C/c1ccc2c(c1)CCC2N(CCO)CCC1N=Nc2ccccc21)NO. The van der Waals surface area contributed by atoms with Gasteiger partial charge in [0.15, 0.2) is 0 Å². The molecule has 2 unspecified atom stereocenters. The van der Waals surface area contributed by atoms with Crippen molar-refractivity contribution in [3.05, 3.63) is 70.8 Å². The minimum absolute atomic E-state index is 0.0773. The summed E-state index contributed by atoms with van der Waals surface area (Å²) in [7, 11) is 0. The van der Waals surface area contributed by atoms with E-state index in [-0.39, 0.29) is 18.7 Å². The number of benzene rings is 2. The maximum absolute atomic E-state index is 11.2. The second-order valence-electron chi connectivity index (χ2n) is 7.66. The lowest BCUT2D eigenvalue weighted by Gasteiger charge is -2.29. The molecule has 1 heterocycles. The highest BCUT2D eigenvalue weighted by atomic mass is 16.5. The number of fused-ring (bicyclic) bond motifs is 2. The average molecular weight is 406 g/mol. The normalized spacial score (nSPS) is 19.4. The molecule has 1 amide bonds. The van der Waals surface area contributed by atoms with E-state index in [2.05, 4.69) is 33.3 Å². The Balaban J connectivity index is 1.45. The van der Waals surface area contributed by atoms with Crippen LogP contribution in [0.5, 0.6) is 0 Å². The maximum atomic E-state index is 11.2. The molecule has 4 rings (SSSR count). The topological polar surface area (TPSA) is 97.5 Å². The number of hydrogen-bond acceptors (Lipinski definition) is 6. The van der Waals surface area contributed by atoms with Gasteiger partial charge in [0.1, 0.15) is 0 Å². The van der Waals surface area contributed by atoms with Crippen molar-refractivity contribution in [2.45, 2.75) is 31.3 Å². The third-order valence-corrected chi connectivity index (χ3v) is 5.87. The number of nitrogens with zero attached hydrogens (tertiary/aromatic N) is 3. The molecule has 0 aromatic heterocycles.